The van der Waals surface area contributed by atoms with Gasteiger partial charge in [-0.25, -0.2) is 18.0 Å². The summed E-state index contributed by atoms with van der Waals surface area (Å²) >= 11 is 3.38. The third kappa shape index (κ3) is 5.33. The Morgan fingerprint density at radius 3 is 2.34 bits per heavy atom. The summed E-state index contributed by atoms with van der Waals surface area (Å²) in [6.07, 6.45) is 1.40. The van der Waals surface area contributed by atoms with Gasteiger partial charge in [-0.2, -0.15) is 0 Å². The molecule has 2 amide bonds. The van der Waals surface area contributed by atoms with Gasteiger partial charge in [-0.15, -0.1) is 0 Å². The Morgan fingerprint density at radius 2 is 1.79 bits per heavy atom. The first-order chi connectivity index (χ1) is 13.8. The van der Waals surface area contributed by atoms with Crippen LogP contribution in [-0.2, 0) is 21.1 Å². The van der Waals surface area contributed by atoms with Gasteiger partial charge >= 0.3 is 12.0 Å². The average molecular weight is 482 g/mol. The fourth-order valence-electron chi connectivity index (χ4n) is 2.88. The number of hydrogen-bond donors (Lipinski definition) is 0. The number of halogens is 1. The van der Waals surface area contributed by atoms with E-state index in [-0.39, 0.29) is 37.2 Å². The monoisotopic (exact) mass is 481 g/mol. The van der Waals surface area contributed by atoms with Crippen molar-refractivity contribution in [2.75, 3.05) is 36.6 Å². The number of sulfone groups is 1. The van der Waals surface area contributed by atoms with Crippen LogP contribution in [-0.4, -0.2) is 62.0 Å². The maximum atomic E-state index is 13.2. The fraction of sp³-hybridized carbons (Fsp3) is 0.316. The van der Waals surface area contributed by atoms with Crippen LogP contribution in [0.3, 0.4) is 0 Å². The highest BCUT2D eigenvalue weighted by atomic mass is 79.9. The van der Waals surface area contributed by atoms with Gasteiger partial charge in [-0.1, -0.05) is 15.9 Å². The Kier molecular flexibility index (Phi) is 6.53. The van der Waals surface area contributed by atoms with Gasteiger partial charge < -0.3 is 9.64 Å². The van der Waals surface area contributed by atoms with Crippen molar-refractivity contribution in [2.45, 2.75) is 6.54 Å². The number of amides is 2. The molecule has 1 aromatic heterocycles. The predicted molar refractivity (Wildman–Crippen MR) is 112 cm³/mol. The van der Waals surface area contributed by atoms with Crippen molar-refractivity contribution in [3.8, 4) is 0 Å². The van der Waals surface area contributed by atoms with Gasteiger partial charge in [0, 0.05) is 29.4 Å². The second-order valence-electron chi connectivity index (χ2n) is 6.51. The maximum absolute atomic E-state index is 13.2. The van der Waals surface area contributed by atoms with E-state index in [4.69, 9.17) is 0 Å². The summed E-state index contributed by atoms with van der Waals surface area (Å²) in [7, 11) is -1.80. The predicted octanol–water partition coefficient (Wildman–Crippen LogP) is 2.49. The summed E-state index contributed by atoms with van der Waals surface area (Å²) in [5.74, 6) is -0.572. The quantitative estimate of drug-likeness (QED) is 0.622. The van der Waals surface area contributed by atoms with Crippen LogP contribution in [0.15, 0.2) is 47.1 Å². The van der Waals surface area contributed by atoms with Gasteiger partial charge in [-0.05, 0) is 36.4 Å². The number of esters is 1. The second kappa shape index (κ2) is 8.91. The first-order valence-corrected chi connectivity index (χ1v) is 11.5. The molecule has 0 bridgehead atoms. The van der Waals surface area contributed by atoms with E-state index in [1.165, 1.54) is 18.2 Å². The largest absolute Gasteiger partial charge is 0.465 e. The number of ether oxygens (including phenoxy) is 1. The number of rotatable bonds is 4. The minimum absolute atomic E-state index is 0.0427. The molecule has 10 heteroatoms. The van der Waals surface area contributed by atoms with E-state index in [0.717, 1.165) is 4.47 Å². The van der Waals surface area contributed by atoms with E-state index in [2.05, 4.69) is 25.7 Å². The molecule has 0 saturated carbocycles. The van der Waals surface area contributed by atoms with E-state index in [9.17, 15) is 18.0 Å². The van der Waals surface area contributed by atoms with E-state index >= 15 is 0 Å². The Morgan fingerprint density at radius 1 is 1.14 bits per heavy atom. The minimum Gasteiger partial charge on any atom is -0.465 e. The molecule has 0 aliphatic carbocycles. The standard InChI is InChI=1S/C19H20BrN3O5S/c1-28-18(24)14-2-5-16(21-12-14)13-23(17-6-3-15(20)4-7-17)19(25)22-8-10-29(26,27)11-9-22/h2-7,12H,8-11,13H2,1H3. The lowest BCUT2D eigenvalue weighted by Crippen LogP contribution is -2.49. The normalized spacial score (nSPS) is 15.6. The third-order valence-corrected chi connectivity index (χ3v) is 6.69. The molecule has 0 radical (unpaired) electrons. The molecule has 0 unspecified atom stereocenters. The molecule has 0 spiro atoms. The molecule has 29 heavy (non-hydrogen) atoms. The molecular formula is C19H20BrN3O5S. The zero-order valence-electron chi connectivity index (χ0n) is 15.7. The highest BCUT2D eigenvalue weighted by Gasteiger charge is 2.29. The summed E-state index contributed by atoms with van der Waals surface area (Å²) in [5.41, 5.74) is 1.56. The number of carbonyl (C=O) groups excluding carboxylic acids is 2. The number of anilines is 1. The summed E-state index contributed by atoms with van der Waals surface area (Å²) in [6, 6.07) is 10.2. The molecule has 0 N–H and O–H groups in total. The first-order valence-electron chi connectivity index (χ1n) is 8.85. The van der Waals surface area contributed by atoms with Gasteiger partial charge in [0.15, 0.2) is 9.84 Å². The Bertz CT molecular complexity index is 980. The van der Waals surface area contributed by atoms with Crippen LogP contribution in [0.2, 0.25) is 0 Å². The number of urea groups is 1. The molecule has 1 aliphatic rings. The number of hydrogen-bond acceptors (Lipinski definition) is 6. The van der Waals surface area contributed by atoms with Crippen LogP contribution in [0, 0.1) is 0 Å². The SMILES string of the molecule is COC(=O)c1ccc(CN(C(=O)N2CCS(=O)(=O)CC2)c2ccc(Br)cc2)nc1. The van der Waals surface area contributed by atoms with Crippen molar-refractivity contribution in [2.24, 2.45) is 0 Å². The first kappa shape index (κ1) is 21.3. The van der Waals surface area contributed by atoms with Gasteiger partial charge in [0.2, 0.25) is 0 Å². The van der Waals surface area contributed by atoms with Crippen LogP contribution in [0.4, 0.5) is 10.5 Å². The van der Waals surface area contributed by atoms with E-state index < -0.39 is 15.8 Å². The highest BCUT2D eigenvalue weighted by molar-refractivity contribution is 9.10. The number of methoxy groups -OCH3 is 1. The van der Waals surface area contributed by atoms with Gasteiger partial charge in [0.1, 0.15) is 0 Å². The molecule has 1 fully saturated rings. The maximum Gasteiger partial charge on any atom is 0.339 e. The average Bonchev–Trinajstić information content (AvgIpc) is 2.72. The number of pyridine rings is 1. The molecule has 154 valence electrons. The lowest BCUT2D eigenvalue weighted by molar-refractivity contribution is 0.0600. The Labute approximate surface area is 177 Å². The molecular weight excluding hydrogens is 462 g/mol. The summed E-state index contributed by atoms with van der Waals surface area (Å²) in [6.45, 7) is 0.483. The van der Waals surface area contributed by atoms with Gasteiger partial charge in [0.05, 0.1) is 36.4 Å². The van der Waals surface area contributed by atoms with Crippen molar-refractivity contribution in [1.82, 2.24) is 9.88 Å². The summed E-state index contributed by atoms with van der Waals surface area (Å²) in [5, 5.41) is 0. The van der Waals surface area contributed by atoms with Crippen molar-refractivity contribution >= 4 is 43.5 Å². The zero-order chi connectivity index (χ0) is 21.0. The number of carbonyl (C=O) groups is 2. The third-order valence-electron chi connectivity index (χ3n) is 4.55. The zero-order valence-corrected chi connectivity index (χ0v) is 18.1. The number of nitrogens with zero attached hydrogens (tertiary/aromatic N) is 3. The fourth-order valence-corrected chi connectivity index (χ4v) is 4.35. The lowest BCUT2D eigenvalue weighted by Gasteiger charge is -2.33. The van der Waals surface area contributed by atoms with Crippen molar-refractivity contribution < 1.29 is 22.7 Å². The van der Waals surface area contributed by atoms with Gasteiger partial charge in [-0.3, -0.25) is 9.88 Å². The minimum atomic E-state index is -3.09. The van der Waals surface area contributed by atoms with Crippen LogP contribution in [0.5, 0.6) is 0 Å². The highest BCUT2D eigenvalue weighted by Crippen LogP contribution is 2.22. The van der Waals surface area contributed by atoms with E-state index in [0.29, 0.717) is 16.9 Å². The topological polar surface area (TPSA) is 96.9 Å². The van der Waals surface area contributed by atoms with Crippen molar-refractivity contribution in [3.63, 3.8) is 0 Å². The van der Waals surface area contributed by atoms with Crippen LogP contribution >= 0.6 is 15.9 Å². The van der Waals surface area contributed by atoms with E-state index in [1.54, 1.807) is 29.2 Å². The molecule has 2 aromatic rings. The molecule has 0 atom stereocenters. The Balaban J connectivity index is 1.84. The van der Waals surface area contributed by atoms with Gasteiger partial charge in [0.25, 0.3) is 0 Å². The molecule has 1 saturated heterocycles. The number of aromatic nitrogens is 1. The number of benzene rings is 1. The molecule has 8 nitrogen and oxygen atoms in total. The van der Waals surface area contributed by atoms with Crippen LogP contribution in [0.25, 0.3) is 0 Å². The summed E-state index contributed by atoms with van der Waals surface area (Å²) < 4.78 is 28.9. The van der Waals surface area contributed by atoms with Crippen molar-refractivity contribution in [3.05, 3.63) is 58.3 Å². The molecule has 2 heterocycles. The smallest absolute Gasteiger partial charge is 0.339 e. The second-order valence-corrected chi connectivity index (χ2v) is 9.73. The van der Waals surface area contributed by atoms with Crippen molar-refractivity contribution in [1.29, 1.82) is 0 Å². The molecule has 1 aromatic carbocycles. The van der Waals surface area contributed by atoms with Crippen LogP contribution < -0.4 is 4.90 Å². The van der Waals surface area contributed by atoms with Crippen LogP contribution in [0.1, 0.15) is 16.1 Å². The molecule has 3 rings (SSSR count). The lowest BCUT2D eigenvalue weighted by atomic mass is 10.2. The Hall–Kier alpha value is -2.46. The van der Waals surface area contributed by atoms with E-state index in [1.807, 2.05) is 12.1 Å². The molecule has 1 aliphatic heterocycles. The summed E-state index contributed by atoms with van der Waals surface area (Å²) in [4.78, 5) is 32.1.